The number of ether oxygens (including phenoxy) is 2. The average Bonchev–Trinajstić information content (AvgIpc) is 2.75. The van der Waals surface area contributed by atoms with Gasteiger partial charge in [0.25, 0.3) is 10.0 Å². The van der Waals surface area contributed by atoms with E-state index >= 15 is 0 Å². The Morgan fingerprint density at radius 3 is 2.37 bits per heavy atom. The average molecular weight is 497 g/mol. The molecule has 8 heteroatoms. The van der Waals surface area contributed by atoms with Crippen LogP contribution in [0.1, 0.15) is 37.7 Å². The normalized spacial score (nSPS) is 15.2. The summed E-state index contributed by atoms with van der Waals surface area (Å²) in [6, 6.07) is 11.2. The molecule has 0 heterocycles. The zero-order valence-corrected chi connectivity index (χ0v) is 20.1. The van der Waals surface area contributed by atoms with Gasteiger partial charge in [0, 0.05) is 23.1 Å². The van der Waals surface area contributed by atoms with E-state index in [1.54, 1.807) is 12.1 Å². The Hall–Kier alpha value is -1.77. The highest BCUT2D eigenvalue weighted by atomic mass is 79.9. The highest BCUT2D eigenvalue weighted by Gasteiger charge is 2.23. The van der Waals surface area contributed by atoms with Crippen LogP contribution in [0, 0.1) is 0 Å². The Morgan fingerprint density at radius 2 is 1.70 bits per heavy atom. The zero-order valence-electron chi connectivity index (χ0n) is 17.7. The minimum absolute atomic E-state index is 0.0931. The first kappa shape index (κ1) is 22.9. The summed E-state index contributed by atoms with van der Waals surface area (Å²) in [5.74, 6) is 0.809. The standard InChI is InChI=1S/C22H29BrN2O4S/c1-25(17-10-5-4-6-11-17)15-16-9-7-8-12-19(16)24-30(26,27)22-14-21(29-3)20(28-2)13-18(22)23/h7-9,12-14,17,24H,4-6,10-11,15H2,1-3H3. The molecule has 1 fully saturated rings. The number of hydrogen-bond donors (Lipinski definition) is 1. The lowest BCUT2D eigenvalue weighted by atomic mass is 9.94. The molecule has 0 bridgehead atoms. The van der Waals surface area contributed by atoms with Crippen molar-refractivity contribution in [3.63, 3.8) is 0 Å². The lowest BCUT2D eigenvalue weighted by Crippen LogP contribution is -2.33. The molecule has 0 atom stereocenters. The van der Waals surface area contributed by atoms with E-state index in [0.717, 1.165) is 5.56 Å². The lowest BCUT2D eigenvalue weighted by molar-refractivity contribution is 0.185. The van der Waals surface area contributed by atoms with Crippen LogP contribution >= 0.6 is 15.9 Å². The number of methoxy groups -OCH3 is 2. The second-order valence-electron chi connectivity index (χ2n) is 7.61. The predicted molar refractivity (Wildman–Crippen MR) is 123 cm³/mol. The fourth-order valence-electron chi connectivity index (χ4n) is 3.92. The molecule has 2 aromatic carbocycles. The molecule has 0 unspecified atom stereocenters. The van der Waals surface area contributed by atoms with Crippen LogP contribution in [-0.2, 0) is 16.6 Å². The van der Waals surface area contributed by atoms with Gasteiger partial charge in [-0.2, -0.15) is 0 Å². The summed E-state index contributed by atoms with van der Waals surface area (Å²) in [4.78, 5) is 2.43. The van der Waals surface area contributed by atoms with Gasteiger partial charge in [-0.3, -0.25) is 9.62 Å². The lowest BCUT2D eigenvalue weighted by Gasteiger charge is -2.31. The number of hydrogen-bond acceptors (Lipinski definition) is 5. The van der Waals surface area contributed by atoms with Gasteiger partial charge in [0.15, 0.2) is 11.5 Å². The van der Waals surface area contributed by atoms with Crippen molar-refractivity contribution in [3.05, 3.63) is 46.4 Å². The van der Waals surface area contributed by atoms with Crippen molar-refractivity contribution in [1.29, 1.82) is 0 Å². The predicted octanol–water partition coefficient (Wildman–Crippen LogP) is 5.03. The van der Waals surface area contributed by atoms with Gasteiger partial charge in [-0.25, -0.2) is 8.42 Å². The highest BCUT2D eigenvalue weighted by Crippen LogP contribution is 2.36. The molecule has 30 heavy (non-hydrogen) atoms. The van der Waals surface area contributed by atoms with E-state index < -0.39 is 10.0 Å². The van der Waals surface area contributed by atoms with Crippen molar-refractivity contribution in [2.24, 2.45) is 0 Å². The van der Waals surface area contributed by atoms with Gasteiger partial charge < -0.3 is 9.47 Å². The number of nitrogens with one attached hydrogen (secondary N) is 1. The van der Waals surface area contributed by atoms with Crippen molar-refractivity contribution in [1.82, 2.24) is 4.90 Å². The van der Waals surface area contributed by atoms with E-state index in [1.165, 1.54) is 52.4 Å². The molecule has 6 nitrogen and oxygen atoms in total. The van der Waals surface area contributed by atoms with Crippen LogP contribution in [-0.4, -0.2) is 40.6 Å². The Bertz CT molecular complexity index is 975. The first-order valence-corrected chi connectivity index (χ1v) is 12.4. The van der Waals surface area contributed by atoms with E-state index in [0.29, 0.717) is 34.2 Å². The monoisotopic (exact) mass is 496 g/mol. The maximum Gasteiger partial charge on any atom is 0.263 e. The molecule has 0 aliphatic heterocycles. The Labute approximate surface area is 187 Å². The van der Waals surface area contributed by atoms with E-state index in [2.05, 4.69) is 32.6 Å². The van der Waals surface area contributed by atoms with Gasteiger partial charge in [-0.15, -0.1) is 0 Å². The van der Waals surface area contributed by atoms with Crippen LogP contribution in [0.3, 0.4) is 0 Å². The summed E-state index contributed by atoms with van der Waals surface area (Å²) in [5, 5.41) is 0. The molecule has 1 aliphatic rings. The number of anilines is 1. The minimum Gasteiger partial charge on any atom is -0.493 e. The summed E-state index contributed by atoms with van der Waals surface area (Å²) in [7, 11) is 1.27. The molecule has 0 saturated heterocycles. The topological polar surface area (TPSA) is 67.9 Å². The summed E-state index contributed by atoms with van der Waals surface area (Å²) in [6.07, 6.45) is 6.22. The largest absolute Gasteiger partial charge is 0.493 e. The molecule has 3 rings (SSSR count). The van der Waals surface area contributed by atoms with Gasteiger partial charge in [-0.1, -0.05) is 37.5 Å². The highest BCUT2D eigenvalue weighted by molar-refractivity contribution is 9.10. The maximum atomic E-state index is 13.2. The number of benzene rings is 2. The molecule has 0 spiro atoms. The Morgan fingerprint density at radius 1 is 1.07 bits per heavy atom. The van der Waals surface area contributed by atoms with Crippen molar-refractivity contribution in [2.45, 2.75) is 49.6 Å². The summed E-state index contributed by atoms with van der Waals surface area (Å²) in [5.41, 5.74) is 1.53. The van der Waals surface area contributed by atoms with E-state index in [1.807, 2.05) is 18.2 Å². The molecular formula is C22H29BrN2O4S. The summed E-state index contributed by atoms with van der Waals surface area (Å²) >= 11 is 3.35. The molecule has 164 valence electrons. The third-order valence-electron chi connectivity index (χ3n) is 5.61. The summed E-state index contributed by atoms with van der Waals surface area (Å²) in [6.45, 7) is 0.691. The Kier molecular flexibility index (Phi) is 7.65. The van der Waals surface area contributed by atoms with Crippen LogP contribution in [0.5, 0.6) is 11.5 Å². The maximum absolute atomic E-state index is 13.2. The number of rotatable bonds is 8. The molecule has 1 aliphatic carbocycles. The number of nitrogens with zero attached hydrogens (tertiary/aromatic N) is 1. The molecule has 0 aromatic heterocycles. The first-order valence-electron chi connectivity index (χ1n) is 10.1. The van der Waals surface area contributed by atoms with Crippen molar-refractivity contribution >= 4 is 31.6 Å². The van der Waals surface area contributed by atoms with Crippen LogP contribution in [0.15, 0.2) is 45.8 Å². The molecule has 2 aromatic rings. The second-order valence-corrected chi connectivity index (χ2v) is 10.1. The van der Waals surface area contributed by atoms with E-state index in [9.17, 15) is 8.42 Å². The van der Waals surface area contributed by atoms with Crippen LogP contribution < -0.4 is 14.2 Å². The third-order valence-corrected chi connectivity index (χ3v) is 7.93. The molecule has 1 saturated carbocycles. The van der Waals surface area contributed by atoms with E-state index in [4.69, 9.17) is 9.47 Å². The van der Waals surface area contributed by atoms with Crippen LogP contribution in [0.2, 0.25) is 0 Å². The van der Waals surface area contributed by atoms with Crippen LogP contribution in [0.4, 0.5) is 5.69 Å². The fourth-order valence-corrected chi connectivity index (χ4v) is 6.06. The summed E-state index contributed by atoms with van der Waals surface area (Å²) < 4.78 is 40.0. The third kappa shape index (κ3) is 5.28. The second kappa shape index (κ2) is 10.0. The van der Waals surface area contributed by atoms with Crippen molar-refractivity contribution in [3.8, 4) is 11.5 Å². The first-order chi connectivity index (χ1) is 14.4. The minimum atomic E-state index is -3.84. The van der Waals surface area contributed by atoms with Crippen LogP contribution in [0.25, 0.3) is 0 Å². The smallest absolute Gasteiger partial charge is 0.263 e. The zero-order chi connectivity index (χ0) is 21.7. The quantitative estimate of drug-likeness (QED) is 0.554. The Balaban J connectivity index is 1.85. The SMILES string of the molecule is COc1cc(Br)c(S(=O)(=O)Nc2ccccc2CN(C)C2CCCCC2)cc1OC. The number of halogens is 1. The van der Waals surface area contributed by atoms with Crippen molar-refractivity contribution in [2.75, 3.05) is 26.0 Å². The molecule has 1 N–H and O–H groups in total. The van der Waals surface area contributed by atoms with Gasteiger partial charge >= 0.3 is 0 Å². The fraction of sp³-hybridized carbons (Fsp3) is 0.455. The molecule has 0 amide bonds. The van der Waals surface area contributed by atoms with Gasteiger partial charge in [0.1, 0.15) is 4.90 Å². The van der Waals surface area contributed by atoms with Gasteiger partial charge in [0.2, 0.25) is 0 Å². The number of sulfonamides is 1. The number of para-hydroxylation sites is 1. The van der Waals surface area contributed by atoms with E-state index in [-0.39, 0.29) is 4.90 Å². The van der Waals surface area contributed by atoms with Gasteiger partial charge in [-0.05, 0) is 53.5 Å². The molecule has 0 radical (unpaired) electrons. The van der Waals surface area contributed by atoms with Crippen molar-refractivity contribution < 1.29 is 17.9 Å². The molecular weight excluding hydrogens is 468 g/mol. The van der Waals surface area contributed by atoms with Gasteiger partial charge in [0.05, 0.1) is 19.9 Å².